The van der Waals surface area contributed by atoms with Crippen LogP contribution in [0.2, 0.25) is 0 Å². The van der Waals surface area contributed by atoms with Gasteiger partial charge in [-0.15, -0.1) is 0 Å². The first kappa shape index (κ1) is 20.2. The van der Waals surface area contributed by atoms with Gasteiger partial charge in [-0.05, 0) is 44.0 Å². The van der Waals surface area contributed by atoms with E-state index in [4.69, 9.17) is 4.74 Å². The van der Waals surface area contributed by atoms with Crippen molar-refractivity contribution in [2.45, 2.75) is 27.3 Å². The Labute approximate surface area is 158 Å². The standard InChI is InChI=1S/C21H24N2O4/c1-14-9-5-6-10-15(14)13-22-19(25)21(2,3)20(26)23-17-12-8-7-11-16(17)18(24)27-4/h5-12H,13H2,1-4H3,(H,22,25)(H,23,26). The molecule has 6 nitrogen and oxygen atoms in total. The number of benzene rings is 2. The molecule has 27 heavy (non-hydrogen) atoms. The Morgan fingerprint density at radius 1 is 0.963 bits per heavy atom. The fourth-order valence-electron chi connectivity index (χ4n) is 2.47. The number of amides is 2. The van der Waals surface area contributed by atoms with Gasteiger partial charge >= 0.3 is 5.97 Å². The van der Waals surface area contributed by atoms with E-state index in [2.05, 4.69) is 10.6 Å². The molecule has 2 amide bonds. The molecule has 142 valence electrons. The first-order valence-electron chi connectivity index (χ1n) is 8.59. The third kappa shape index (κ3) is 4.73. The minimum atomic E-state index is -1.33. The summed E-state index contributed by atoms with van der Waals surface area (Å²) in [6.07, 6.45) is 0. The highest BCUT2D eigenvalue weighted by Gasteiger charge is 2.36. The fourth-order valence-corrected chi connectivity index (χ4v) is 2.47. The molecule has 0 heterocycles. The van der Waals surface area contributed by atoms with Crippen LogP contribution in [0, 0.1) is 12.3 Å². The van der Waals surface area contributed by atoms with E-state index in [-0.39, 0.29) is 5.56 Å². The molecule has 0 aromatic heterocycles. The monoisotopic (exact) mass is 368 g/mol. The molecule has 2 aromatic rings. The predicted octanol–water partition coefficient (Wildman–Crippen LogP) is 3.06. The SMILES string of the molecule is COC(=O)c1ccccc1NC(=O)C(C)(C)C(=O)NCc1ccccc1C. The smallest absolute Gasteiger partial charge is 0.339 e. The molecule has 2 N–H and O–H groups in total. The van der Waals surface area contributed by atoms with Gasteiger partial charge in [0, 0.05) is 6.54 Å². The van der Waals surface area contributed by atoms with Crippen LogP contribution in [-0.2, 0) is 20.9 Å². The molecule has 0 aliphatic rings. The maximum Gasteiger partial charge on any atom is 0.339 e. The molecule has 0 saturated carbocycles. The van der Waals surface area contributed by atoms with Gasteiger partial charge in [0.05, 0.1) is 18.4 Å². The first-order valence-corrected chi connectivity index (χ1v) is 8.59. The number of methoxy groups -OCH3 is 1. The average Bonchev–Trinajstić information content (AvgIpc) is 2.66. The summed E-state index contributed by atoms with van der Waals surface area (Å²) in [5.74, 6) is -1.48. The second kappa shape index (κ2) is 8.49. The van der Waals surface area contributed by atoms with Crippen LogP contribution >= 0.6 is 0 Å². The van der Waals surface area contributed by atoms with Crippen molar-refractivity contribution in [1.82, 2.24) is 5.32 Å². The quantitative estimate of drug-likeness (QED) is 0.606. The molecule has 0 radical (unpaired) electrons. The third-order valence-corrected chi connectivity index (χ3v) is 4.42. The molecule has 0 atom stereocenters. The van der Waals surface area contributed by atoms with Crippen LogP contribution < -0.4 is 10.6 Å². The summed E-state index contributed by atoms with van der Waals surface area (Å²) in [6.45, 7) is 5.37. The summed E-state index contributed by atoms with van der Waals surface area (Å²) in [5, 5.41) is 5.46. The minimum absolute atomic E-state index is 0.226. The van der Waals surface area contributed by atoms with Gasteiger partial charge in [-0.1, -0.05) is 36.4 Å². The molecule has 6 heteroatoms. The number of rotatable bonds is 6. The molecule has 0 spiro atoms. The van der Waals surface area contributed by atoms with E-state index < -0.39 is 23.2 Å². The Morgan fingerprint density at radius 2 is 1.59 bits per heavy atom. The summed E-state index contributed by atoms with van der Waals surface area (Å²) in [6, 6.07) is 14.2. The molecular weight excluding hydrogens is 344 g/mol. The van der Waals surface area contributed by atoms with Crippen molar-refractivity contribution in [3.63, 3.8) is 0 Å². The van der Waals surface area contributed by atoms with Gasteiger partial charge in [-0.25, -0.2) is 4.79 Å². The summed E-state index contributed by atoms with van der Waals surface area (Å²) >= 11 is 0. The topological polar surface area (TPSA) is 84.5 Å². The number of anilines is 1. The van der Waals surface area contributed by atoms with Gasteiger partial charge < -0.3 is 15.4 Å². The van der Waals surface area contributed by atoms with Crippen LogP contribution in [0.4, 0.5) is 5.69 Å². The Morgan fingerprint density at radius 3 is 2.26 bits per heavy atom. The fraction of sp³-hybridized carbons (Fsp3) is 0.286. The van der Waals surface area contributed by atoms with Crippen LogP contribution in [0.25, 0.3) is 0 Å². The summed E-state index contributed by atoms with van der Waals surface area (Å²) in [5.41, 5.74) is 1.25. The maximum atomic E-state index is 12.7. The number of esters is 1. The summed E-state index contributed by atoms with van der Waals surface area (Å²) < 4.78 is 4.72. The molecular formula is C21H24N2O4. The third-order valence-electron chi connectivity index (χ3n) is 4.42. The van der Waals surface area contributed by atoms with Crippen LogP contribution in [0.3, 0.4) is 0 Å². The number of carbonyl (C=O) groups is 3. The highest BCUT2D eigenvalue weighted by Crippen LogP contribution is 2.22. The van der Waals surface area contributed by atoms with E-state index in [0.717, 1.165) is 11.1 Å². The Bertz CT molecular complexity index is 859. The van der Waals surface area contributed by atoms with E-state index in [1.807, 2.05) is 31.2 Å². The van der Waals surface area contributed by atoms with Crippen LogP contribution in [0.15, 0.2) is 48.5 Å². The number of hydrogen-bond donors (Lipinski definition) is 2. The van der Waals surface area contributed by atoms with Crippen molar-refractivity contribution in [2.24, 2.45) is 5.41 Å². The number of nitrogens with one attached hydrogen (secondary N) is 2. The van der Waals surface area contributed by atoms with Gasteiger partial charge in [0.25, 0.3) is 0 Å². The van der Waals surface area contributed by atoms with Gasteiger partial charge in [-0.2, -0.15) is 0 Å². The van der Waals surface area contributed by atoms with Crippen LogP contribution in [-0.4, -0.2) is 24.9 Å². The van der Waals surface area contributed by atoms with Gasteiger partial charge in [0.1, 0.15) is 5.41 Å². The predicted molar refractivity (Wildman–Crippen MR) is 103 cm³/mol. The molecule has 0 unspecified atom stereocenters. The zero-order chi connectivity index (χ0) is 20.0. The van der Waals surface area contributed by atoms with Crippen LogP contribution in [0.5, 0.6) is 0 Å². The largest absolute Gasteiger partial charge is 0.465 e. The lowest BCUT2D eigenvalue weighted by molar-refractivity contribution is -0.138. The van der Waals surface area contributed by atoms with E-state index in [9.17, 15) is 14.4 Å². The van der Waals surface area contributed by atoms with Crippen molar-refractivity contribution in [1.29, 1.82) is 0 Å². The highest BCUT2D eigenvalue weighted by molar-refractivity contribution is 6.11. The summed E-state index contributed by atoms with van der Waals surface area (Å²) in [4.78, 5) is 37.1. The van der Waals surface area contributed by atoms with Crippen molar-refractivity contribution >= 4 is 23.5 Å². The Hall–Kier alpha value is -3.15. The lowest BCUT2D eigenvalue weighted by Gasteiger charge is -2.23. The zero-order valence-corrected chi connectivity index (χ0v) is 16.0. The number of aryl methyl sites for hydroxylation is 1. The van der Waals surface area contributed by atoms with E-state index >= 15 is 0 Å². The molecule has 0 aliphatic carbocycles. The Kier molecular flexibility index (Phi) is 6.34. The van der Waals surface area contributed by atoms with Crippen molar-refractivity contribution < 1.29 is 19.1 Å². The second-order valence-electron chi connectivity index (χ2n) is 6.73. The van der Waals surface area contributed by atoms with Crippen LogP contribution in [0.1, 0.15) is 35.3 Å². The zero-order valence-electron chi connectivity index (χ0n) is 16.0. The molecule has 0 aliphatic heterocycles. The van der Waals surface area contributed by atoms with E-state index in [0.29, 0.717) is 12.2 Å². The Balaban J connectivity index is 2.09. The number of ether oxygens (including phenoxy) is 1. The molecule has 2 aromatic carbocycles. The number of carbonyl (C=O) groups excluding carboxylic acids is 3. The van der Waals surface area contributed by atoms with Gasteiger partial charge in [0.2, 0.25) is 11.8 Å². The normalized spacial score (nSPS) is 10.8. The van der Waals surface area contributed by atoms with Gasteiger partial charge in [0.15, 0.2) is 0 Å². The summed E-state index contributed by atoms with van der Waals surface area (Å²) in [7, 11) is 1.27. The van der Waals surface area contributed by atoms with Crippen molar-refractivity contribution in [3.8, 4) is 0 Å². The minimum Gasteiger partial charge on any atom is -0.465 e. The lowest BCUT2D eigenvalue weighted by Crippen LogP contribution is -2.45. The maximum absolute atomic E-state index is 12.7. The lowest BCUT2D eigenvalue weighted by atomic mass is 9.90. The first-order chi connectivity index (χ1) is 12.8. The average molecular weight is 368 g/mol. The molecule has 0 saturated heterocycles. The van der Waals surface area contributed by atoms with Gasteiger partial charge in [-0.3, -0.25) is 9.59 Å². The van der Waals surface area contributed by atoms with Crippen molar-refractivity contribution in [2.75, 3.05) is 12.4 Å². The van der Waals surface area contributed by atoms with E-state index in [1.54, 1.807) is 24.3 Å². The second-order valence-corrected chi connectivity index (χ2v) is 6.73. The van der Waals surface area contributed by atoms with E-state index in [1.165, 1.54) is 21.0 Å². The highest BCUT2D eigenvalue weighted by atomic mass is 16.5. The van der Waals surface area contributed by atoms with Crippen molar-refractivity contribution in [3.05, 3.63) is 65.2 Å². The molecule has 2 rings (SSSR count). The number of para-hydroxylation sites is 1. The molecule has 0 bridgehead atoms. The molecule has 0 fully saturated rings. The number of hydrogen-bond acceptors (Lipinski definition) is 4.